The summed E-state index contributed by atoms with van der Waals surface area (Å²) in [5.41, 5.74) is 1.03. The zero-order chi connectivity index (χ0) is 16.8. The Bertz CT molecular complexity index is 757. The molecule has 0 amide bonds. The van der Waals surface area contributed by atoms with Gasteiger partial charge in [-0.3, -0.25) is 10.1 Å². The first-order valence-corrected chi connectivity index (χ1v) is 7.55. The molecule has 2 rings (SSSR count). The summed E-state index contributed by atoms with van der Waals surface area (Å²) in [6.07, 6.45) is 4.51. The number of carbonyl (C=O) groups is 1. The summed E-state index contributed by atoms with van der Waals surface area (Å²) in [5, 5.41) is 10.8. The van der Waals surface area contributed by atoms with E-state index in [1.807, 2.05) is 24.3 Å². The van der Waals surface area contributed by atoms with Crippen molar-refractivity contribution in [3.05, 3.63) is 67.9 Å². The Morgan fingerprint density at radius 3 is 2.65 bits per heavy atom. The van der Waals surface area contributed by atoms with Crippen LogP contribution in [0.1, 0.15) is 28.5 Å². The van der Waals surface area contributed by atoms with Crippen LogP contribution in [0.4, 0.5) is 5.69 Å². The lowest BCUT2D eigenvalue weighted by Crippen LogP contribution is -2.08. The quantitative estimate of drug-likeness (QED) is 0.445. The first-order valence-electron chi connectivity index (χ1n) is 6.76. The van der Waals surface area contributed by atoms with Gasteiger partial charge in [0.05, 0.1) is 22.8 Å². The normalized spacial score (nSPS) is 10.7. The summed E-state index contributed by atoms with van der Waals surface area (Å²) in [5.74, 6) is -0.640. The molecule has 0 aliphatic rings. The molecule has 0 unspecified atom stereocenters. The Morgan fingerprint density at radius 2 is 2.04 bits per heavy atom. The Kier molecular flexibility index (Phi) is 5.59. The molecule has 0 radical (unpaired) electrons. The Hall–Kier alpha value is -2.54. The highest BCUT2D eigenvalue weighted by atomic mass is 79.9. The maximum absolute atomic E-state index is 12.0. The fourth-order valence-electron chi connectivity index (χ4n) is 1.82. The molecular weight excluding hydrogens is 364 g/mol. The number of aromatic nitrogens is 1. The van der Waals surface area contributed by atoms with E-state index in [9.17, 15) is 14.9 Å². The van der Waals surface area contributed by atoms with E-state index in [0.29, 0.717) is 5.69 Å². The van der Waals surface area contributed by atoms with Crippen molar-refractivity contribution >= 4 is 39.7 Å². The van der Waals surface area contributed by atoms with E-state index in [4.69, 9.17) is 4.74 Å². The van der Waals surface area contributed by atoms with E-state index in [1.54, 1.807) is 19.1 Å². The van der Waals surface area contributed by atoms with Crippen molar-refractivity contribution in [2.75, 3.05) is 6.61 Å². The van der Waals surface area contributed by atoms with Crippen molar-refractivity contribution in [1.82, 2.24) is 4.98 Å². The highest BCUT2D eigenvalue weighted by Crippen LogP contribution is 2.19. The summed E-state index contributed by atoms with van der Waals surface area (Å²) in [6.45, 7) is 1.84. The van der Waals surface area contributed by atoms with Gasteiger partial charge in [-0.2, -0.15) is 0 Å². The van der Waals surface area contributed by atoms with Gasteiger partial charge >= 0.3 is 5.97 Å². The molecule has 0 fully saturated rings. The Labute approximate surface area is 141 Å². The fraction of sp³-hybridized carbons (Fsp3) is 0.125. The van der Waals surface area contributed by atoms with Crippen molar-refractivity contribution in [3.8, 4) is 0 Å². The van der Waals surface area contributed by atoms with E-state index in [1.165, 1.54) is 6.07 Å². The van der Waals surface area contributed by atoms with Crippen molar-refractivity contribution in [2.24, 2.45) is 0 Å². The van der Waals surface area contributed by atoms with Crippen LogP contribution in [0.25, 0.3) is 12.2 Å². The van der Waals surface area contributed by atoms with Crippen LogP contribution in [-0.2, 0) is 4.74 Å². The van der Waals surface area contributed by atoms with E-state index in [0.717, 1.165) is 16.2 Å². The maximum atomic E-state index is 12.0. The molecule has 0 aliphatic carbocycles. The minimum absolute atomic E-state index is 0.0643. The third-order valence-corrected chi connectivity index (χ3v) is 3.44. The number of ether oxygens (including phenoxy) is 1. The molecule has 2 aromatic rings. The molecule has 0 N–H and O–H groups in total. The smallest absolute Gasteiger partial charge is 0.340 e. The molecule has 1 aromatic carbocycles. The minimum Gasteiger partial charge on any atom is -0.462 e. The number of nitrogens with zero attached hydrogens (tertiary/aromatic N) is 2. The van der Waals surface area contributed by atoms with Gasteiger partial charge in [-0.05, 0) is 30.7 Å². The fourth-order valence-corrected chi connectivity index (χ4v) is 2.08. The van der Waals surface area contributed by atoms with Gasteiger partial charge < -0.3 is 4.74 Å². The number of carbonyl (C=O) groups excluding carboxylic acids is 1. The van der Waals surface area contributed by atoms with Crippen molar-refractivity contribution in [3.63, 3.8) is 0 Å². The van der Waals surface area contributed by atoms with Gasteiger partial charge in [0.15, 0.2) is 0 Å². The zero-order valence-corrected chi connectivity index (χ0v) is 13.8. The molecule has 23 heavy (non-hydrogen) atoms. The molecule has 0 aliphatic heterocycles. The summed E-state index contributed by atoms with van der Waals surface area (Å²) in [7, 11) is 0. The summed E-state index contributed by atoms with van der Waals surface area (Å²) < 4.78 is 5.88. The predicted molar refractivity (Wildman–Crippen MR) is 89.9 cm³/mol. The molecule has 0 spiro atoms. The Balaban J connectivity index is 2.38. The van der Waals surface area contributed by atoms with Crippen LogP contribution in [0.3, 0.4) is 0 Å². The first-order chi connectivity index (χ1) is 11.0. The standard InChI is InChI=1S/C16H13BrN2O4/c1-2-23-16(20)14-9-13(19(21)22)10-18-15(14)8-5-11-3-6-12(17)7-4-11/h3-10H,2H2,1H3/b8-5+. The number of halogens is 1. The molecule has 0 atom stereocenters. The van der Waals surface area contributed by atoms with Crippen LogP contribution in [0.15, 0.2) is 41.0 Å². The van der Waals surface area contributed by atoms with Gasteiger partial charge in [-0.25, -0.2) is 9.78 Å². The summed E-state index contributed by atoms with van der Waals surface area (Å²) in [4.78, 5) is 26.2. The van der Waals surface area contributed by atoms with E-state index >= 15 is 0 Å². The SMILES string of the molecule is CCOC(=O)c1cc([N+](=O)[O-])cnc1/C=C/c1ccc(Br)cc1. The van der Waals surface area contributed by atoms with Crippen LogP contribution >= 0.6 is 15.9 Å². The summed E-state index contributed by atoms with van der Waals surface area (Å²) in [6, 6.07) is 8.71. The lowest BCUT2D eigenvalue weighted by atomic mass is 10.1. The second kappa shape index (κ2) is 7.64. The van der Waals surface area contributed by atoms with E-state index < -0.39 is 10.9 Å². The van der Waals surface area contributed by atoms with Crippen LogP contribution in [0.2, 0.25) is 0 Å². The minimum atomic E-state index is -0.640. The van der Waals surface area contributed by atoms with Gasteiger partial charge in [0, 0.05) is 10.5 Å². The maximum Gasteiger partial charge on any atom is 0.340 e. The topological polar surface area (TPSA) is 82.3 Å². The highest BCUT2D eigenvalue weighted by Gasteiger charge is 2.17. The average Bonchev–Trinajstić information content (AvgIpc) is 2.54. The number of hydrogen-bond acceptors (Lipinski definition) is 5. The number of rotatable bonds is 5. The molecular formula is C16H13BrN2O4. The molecule has 118 valence electrons. The van der Waals surface area contributed by atoms with Crippen molar-refractivity contribution < 1.29 is 14.5 Å². The number of pyridine rings is 1. The third kappa shape index (κ3) is 4.46. The largest absolute Gasteiger partial charge is 0.462 e. The zero-order valence-electron chi connectivity index (χ0n) is 12.2. The molecule has 0 bridgehead atoms. The Morgan fingerprint density at radius 1 is 1.35 bits per heavy atom. The molecule has 6 nitrogen and oxygen atoms in total. The lowest BCUT2D eigenvalue weighted by Gasteiger charge is -2.05. The second-order valence-electron chi connectivity index (χ2n) is 4.49. The number of esters is 1. The lowest BCUT2D eigenvalue weighted by molar-refractivity contribution is -0.385. The highest BCUT2D eigenvalue weighted by molar-refractivity contribution is 9.10. The molecule has 1 heterocycles. The molecule has 7 heteroatoms. The molecule has 0 saturated heterocycles. The van der Waals surface area contributed by atoms with Gasteiger partial charge in [-0.15, -0.1) is 0 Å². The van der Waals surface area contributed by atoms with Crippen LogP contribution < -0.4 is 0 Å². The van der Waals surface area contributed by atoms with Crippen molar-refractivity contribution in [1.29, 1.82) is 0 Å². The van der Waals surface area contributed by atoms with E-state index in [-0.39, 0.29) is 17.9 Å². The number of benzene rings is 1. The van der Waals surface area contributed by atoms with Crippen LogP contribution in [0.5, 0.6) is 0 Å². The van der Waals surface area contributed by atoms with Crippen LogP contribution in [0, 0.1) is 10.1 Å². The van der Waals surface area contributed by atoms with Crippen LogP contribution in [-0.4, -0.2) is 22.5 Å². The van der Waals surface area contributed by atoms with Gasteiger partial charge in [0.1, 0.15) is 6.20 Å². The average molecular weight is 377 g/mol. The number of hydrogen-bond donors (Lipinski definition) is 0. The molecule has 1 aromatic heterocycles. The predicted octanol–water partition coefficient (Wildman–Crippen LogP) is 4.10. The second-order valence-corrected chi connectivity index (χ2v) is 5.40. The summed E-state index contributed by atoms with van der Waals surface area (Å²) >= 11 is 3.35. The third-order valence-electron chi connectivity index (χ3n) is 2.91. The monoisotopic (exact) mass is 376 g/mol. The molecule has 0 saturated carbocycles. The van der Waals surface area contributed by atoms with Gasteiger partial charge in [0.25, 0.3) is 5.69 Å². The van der Waals surface area contributed by atoms with Gasteiger partial charge in [0.2, 0.25) is 0 Å². The van der Waals surface area contributed by atoms with Crippen molar-refractivity contribution in [2.45, 2.75) is 6.92 Å². The first kappa shape index (κ1) is 16.8. The van der Waals surface area contributed by atoms with E-state index in [2.05, 4.69) is 20.9 Å². The number of nitro groups is 1. The van der Waals surface area contributed by atoms with Gasteiger partial charge in [-0.1, -0.05) is 34.1 Å².